The van der Waals surface area contributed by atoms with Crippen LogP contribution in [0.5, 0.6) is 5.75 Å². The van der Waals surface area contributed by atoms with Crippen LogP contribution in [0.25, 0.3) is 90.2 Å². The number of aromatic nitrogens is 4. The molecule has 0 radical (unpaired) electrons. The average molecular weight is 795 g/mol. The van der Waals surface area contributed by atoms with Crippen LogP contribution >= 0.6 is 0 Å². The van der Waals surface area contributed by atoms with Crippen molar-refractivity contribution >= 4 is 17.0 Å². The van der Waals surface area contributed by atoms with Crippen molar-refractivity contribution in [3.05, 3.63) is 229 Å². The van der Waals surface area contributed by atoms with E-state index in [1.807, 2.05) is 12.1 Å². The molecule has 10 aromatic rings. The summed E-state index contributed by atoms with van der Waals surface area (Å²) >= 11 is 0. The summed E-state index contributed by atoms with van der Waals surface area (Å²) in [5, 5.41) is 1.19. The number of rotatable bonds is 7. The van der Waals surface area contributed by atoms with Gasteiger partial charge in [0.2, 0.25) is 0 Å². The topological polar surface area (TPSA) is 52.8 Å². The highest BCUT2D eigenvalue weighted by molar-refractivity contribution is 5.92. The lowest BCUT2D eigenvalue weighted by Gasteiger charge is -2.22. The molecule has 5 heteroatoms. The van der Waals surface area contributed by atoms with Gasteiger partial charge in [0, 0.05) is 39.2 Å². The predicted octanol–water partition coefficient (Wildman–Crippen LogP) is 14.1. The van der Waals surface area contributed by atoms with Gasteiger partial charge in [0.05, 0.1) is 16.8 Å². The Morgan fingerprint density at radius 2 is 0.935 bits per heavy atom. The molecule has 5 nitrogen and oxygen atoms in total. The summed E-state index contributed by atoms with van der Waals surface area (Å²) in [6.07, 6.45) is 4.36. The van der Waals surface area contributed by atoms with Gasteiger partial charge in [0.1, 0.15) is 11.9 Å². The smallest absolute Gasteiger partial charge is 0.167 e. The molecular weight excluding hydrogens is 757 g/mol. The lowest BCUT2D eigenvalue weighted by Crippen LogP contribution is -2.13. The molecular formula is C57H38N4O. The summed E-state index contributed by atoms with van der Waals surface area (Å²) < 4.78 is 9.60. The van der Waals surface area contributed by atoms with Crippen molar-refractivity contribution < 1.29 is 4.74 Å². The SMILES string of the molecule is C1=CC2c3cccc(-c4nc(-c5ccc(-c6ccccc6)cc5)nc(-c5cccc(-c6ccccc6)c5)n4)c3OC2c2c1n(-c1ccc(-c3ccccc3)cc1)c1ccccc21. The Balaban J connectivity index is 0.964. The summed E-state index contributed by atoms with van der Waals surface area (Å²) in [7, 11) is 0. The summed E-state index contributed by atoms with van der Waals surface area (Å²) in [6, 6.07) is 72.2. The molecule has 0 bridgehead atoms. The molecule has 12 rings (SSSR count). The van der Waals surface area contributed by atoms with Gasteiger partial charge in [-0.3, -0.25) is 0 Å². The molecule has 0 amide bonds. The van der Waals surface area contributed by atoms with E-state index in [9.17, 15) is 0 Å². The van der Waals surface area contributed by atoms with Crippen molar-refractivity contribution in [1.29, 1.82) is 0 Å². The maximum atomic E-state index is 7.23. The number of hydrogen-bond donors (Lipinski definition) is 0. The first-order chi connectivity index (χ1) is 30.7. The first-order valence-corrected chi connectivity index (χ1v) is 21.1. The molecule has 1 aliphatic carbocycles. The zero-order valence-corrected chi connectivity index (χ0v) is 33.6. The van der Waals surface area contributed by atoms with Gasteiger partial charge >= 0.3 is 0 Å². The van der Waals surface area contributed by atoms with Crippen molar-refractivity contribution in [3.8, 4) is 79.0 Å². The predicted molar refractivity (Wildman–Crippen MR) is 251 cm³/mol. The molecule has 62 heavy (non-hydrogen) atoms. The van der Waals surface area contributed by atoms with Crippen molar-refractivity contribution in [2.24, 2.45) is 0 Å². The fraction of sp³-hybridized carbons (Fsp3) is 0.0351. The minimum Gasteiger partial charge on any atom is -0.484 e. The molecule has 0 saturated carbocycles. The first-order valence-electron chi connectivity index (χ1n) is 21.1. The molecule has 0 fully saturated rings. The molecule has 2 aliphatic rings. The molecule has 0 saturated heterocycles. The molecule has 2 atom stereocenters. The largest absolute Gasteiger partial charge is 0.484 e. The summed E-state index contributed by atoms with van der Waals surface area (Å²) in [6.45, 7) is 0. The average Bonchev–Trinajstić information content (AvgIpc) is 3.91. The van der Waals surface area contributed by atoms with Gasteiger partial charge in [-0.05, 0) is 69.8 Å². The summed E-state index contributed by atoms with van der Waals surface area (Å²) in [4.78, 5) is 15.6. The van der Waals surface area contributed by atoms with Gasteiger partial charge in [-0.2, -0.15) is 0 Å². The van der Waals surface area contributed by atoms with Crippen LogP contribution in [-0.4, -0.2) is 19.5 Å². The van der Waals surface area contributed by atoms with Gasteiger partial charge in [-0.1, -0.05) is 182 Å². The zero-order valence-electron chi connectivity index (χ0n) is 33.6. The Morgan fingerprint density at radius 3 is 1.63 bits per heavy atom. The molecule has 8 aromatic carbocycles. The van der Waals surface area contributed by atoms with Crippen LogP contribution in [-0.2, 0) is 0 Å². The third-order valence-corrected chi connectivity index (χ3v) is 12.3. The van der Waals surface area contributed by atoms with E-state index in [0.717, 1.165) is 67.2 Å². The maximum Gasteiger partial charge on any atom is 0.167 e. The molecule has 2 aromatic heterocycles. The standard InChI is InChI=1S/C57H38N4O/c1-4-14-37(15-5-1)40-26-28-42(29-27-40)55-58-56(44-21-12-20-43(36-44)39-18-8-3-9-19-39)60-57(59-55)49-24-13-23-46-47-34-35-51-52(54(47)62-53(46)49)48-22-10-11-25-50(48)61(51)45-32-30-41(31-33-45)38-16-6-2-7-17-38/h1-36,47,54H. The van der Waals surface area contributed by atoms with E-state index in [1.165, 1.54) is 22.1 Å². The number of fused-ring (bicyclic) bond motifs is 7. The van der Waals surface area contributed by atoms with E-state index in [4.69, 9.17) is 19.7 Å². The maximum absolute atomic E-state index is 7.23. The minimum atomic E-state index is -0.227. The number of nitrogens with zero attached hydrogens (tertiary/aromatic N) is 4. The second-order valence-electron chi connectivity index (χ2n) is 15.9. The Bertz CT molecular complexity index is 3300. The zero-order chi connectivity index (χ0) is 41.0. The van der Waals surface area contributed by atoms with Crippen LogP contribution in [0.2, 0.25) is 0 Å². The normalized spacial score (nSPS) is 14.8. The van der Waals surface area contributed by atoms with Crippen LogP contribution in [0.15, 0.2) is 212 Å². The number of para-hydroxylation sites is 2. The fourth-order valence-corrected chi connectivity index (χ4v) is 9.25. The molecule has 2 unspecified atom stereocenters. The monoisotopic (exact) mass is 794 g/mol. The van der Waals surface area contributed by atoms with Crippen molar-refractivity contribution in [2.75, 3.05) is 0 Å². The second-order valence-corrected chi connectivity index (χ2v) is 15.9. The Morgan fingerprint density at radius 1 is 0.419 bits per heavy atom. The molecule has 0 N–H and O–H groups in total. The van der Waals surface area contributed by atoms with Gasteiger partial charge < -0.3 is 9.30 Å². The van der Waals surface area contributed by atoms with Crippen molar-refractivity contribution in [2.45, 2.75) is 12.0 Å². The van der Waals surface area contributed by atoms with Gasteiger partial charge in [-0.25, -0.2) is 15.0 Å². The van der Waals surface area contributed by atoms with Crippen LogP contribution < -0.4 is 4.74 Å². The van der Waals surface area contributed by atoms with E-state index in [1.54, 1.807) is 0 Å². The van der Waals surface area contributed by atoms with E-state index in [0.29, 0.717) is 17.5 Å². The number of hydrogen-bond acceptors (Lipinski definition) is 4. The highest BCUT2D eigenvalue weighted by atomic mass is 16.5. The van der Waals surface area contributed by atoms with Crippen molar-refractivity contribution in [3.63, 3.8) is 0 Å². The third-order valence-electron chi connectivity index (χ3n) is 12.3. The lowest BCUT2D eigenvalue weighted by atomic mass is 9.85. The van der Waals surface area contributed by atoms with E-state index < -0.39 is 0 Å². The summed E-state index contributed by atoms with van der Waals surface area (Å²) in [5.41, 5.74) is 15.3. The van der Waals surface area contributed by atoms with Gasteiger partial charge in [0.25, 0.3) is 0 Å². The molecule has 292 valence electrons. The molecule has 1 aliphatic heterocycles. The molecule has 0 spiro atoms. The molecule has 3 heterocycles. The summed E-state index contributed by atoms with van der Waals surface area (Å²) in [5.74, 6) is 2.61. The van der Waals surface area contributed by atoms with Crippen LogP contribution in [0.3, 0.4) is 0 Å². The van der Waals surface area contributed by atoms with Crippen LogP contribution in [0.4, 0.5) is 0 Å². The highest BCUT2D eigenvalue weighted by Gasteiger charge is 2.41. The van der Waals surface area contributed by atoms with Crippen LogP contribution in [0.1, 0.15) is 28.8 Å². The van der Waals surface area contributed by atoms with Gasteiger partial charge in [0.15, 0.2) is 17.5 Å². The van der Waals surface area contributed by atoms with E-state index in [2.05, 4.69) is 211 Å². The Labute approximate surface area is 360 Å². The van der Waals surface area contributed by atoms with Crippen molar-refractivity contribution in [1.82, 2.24) is 19.5 Å². The third kappa shape index (κ3) is 6.13. The highest BCUT2D eigenvalue weighted by Crippen LogP contribution is 2.55. The van der Waals surface area contributed by atoms with Gasteiger partial charge in [-0.15, -0.1) is 0 Å². The van der Waals surface area contributed by atoms with Crippen LogP contribution in [0, 0.1) is 0 Å². The number of ether oxygens (including phenoxy) is 1. The Hall–Kier alpha value is -8.15. The first kappa shape index (κ1) is 35.8. The second kappa shape index (κ2) is 14.8. The quantitative estimate of drug-likeness (QED) is 0.161. The van der Waals surface area contributed by atoms with E-state index >= 15 is 0 Å². The Kier molecular flexibility index (Phi) is 8.56. The van der Waals surface area contributed by atoms with E-state index in [-0.39, 0.29) is 12.0 Å². The number of benzene rings is 8. The fourth-order valence-electron chi connectivity index (χ4n) is 9.25. The lowest BCUT2D eigenvalue weighted by molar-refractivity contribution is 0.225. The minimum absolute atomic E-state index is 0.0195.